The minimum Gasteiger partial charge on any atom is -0.496 e. The number of rotatable bonds is 6. The maximum atomic E-state index is 14.1. The molecule has 244 valence electrons. The predicted octanol–water partition coefficient (Wildman–Crippen LogP) is 4.68. The van der Waals surface area contributed by atoms with E-state index in [4.69, 9.17) is 19.2 Å². The number of piperidine rings is 1. The van der Waals surface area contributed by atoms with Crippen molar-refractivity contribution in [1.29, 1.82) is 0 Å². The van der Waals surface area contributed by atoms with Crippen LogP contribution in [0, 0.1) is 29.6 Å². The molecule has 6 bridgehead atoms. The van der Waals surface area contributed by atoms with Gasteiger partial charge in [-0.15, -0.1) is 0 Å². The maximum Gasteiger partial charge on any atom is 0.417 e. The van der Waals surface area contributed by atoms with Crippen molar-refractivity contribution in [3.8, 4) is 5.75 Å². The molecule has 4 saturated heterocycles. The number of halogens is 3. The van der Waals surface area contributed by atoms with E-state index in [2.05, 4.69) is 15.5 Å². The molecule has 3 aliphatic carbocycles. The molecule has 13 heteroatoms. The summed E-state index contributed by atoms with van der Waals surface area (Å²) < 4.78 is 58.7. The van der Waals surface area contributed by atoms with Crippen LogP contribution in [0.5, 0.6) is 5.75 Å². The van der Waals surface area contributed by atoms with E-state index in [0.29, 0.717) is 23.1 Å². The van der Waals surface area contributed by atoms with Crippen LogP contribution in [0.3, 0.4) is 0 Å². The average Bonchev–Trinajstić information content (AvgIpc) is 3.76. The van der Waals surface area contributed by atoms with E-state index in [1.54, 1.807) is 13.2 Å². The highest BCUT2D eigenvalue weighted by Gasteiger charge is 2.64. The average molecular weight is 649 g/mol. The third-order valence-corrected chi connectivity index (χ3v) is 12.8. The van der Waals surface area contributed by atoms with Gasteiger partial charge in [-0.3, -0.25) is 9.59 Å². The van der Waals surface area contributed by atoms with Crippen molar-refractivity contribution in [2.75, 3.05) is 44.9 Å². The fraction of sp³-hybridized carbons (Fsp3) is 0.719. The summed E-state index contributed by atoms with van der Waals surface area (Å²) in [5.74, 6) is 0.755. The topological polar surface area (TPSA) is 102 Å². The highest BCUT2D eigenvalue weighted by atomic mass is 32.1. The molecule has 9 nitrogen and oxygen atoms in total. The fourth-order valence-electron chi connectivity index (χ4n) is 9.27. The first-order valence-electron chi connectivity index (χ1n) is 16.2. The number of fused-ring (bicyclic) bond motifs is 8. The first kappa shape index (κ1) is 29.7. The highest BCUT2D eigenvalue weighted by Crippen LogP contribution is 2.53. The van der Waals surface area contributed by atoms with Gasteiger partial charge in [-0.25, -0.2) is 4.98 Å². The molecule has 3 saturated carbocycles. The quantitative estimate of drug-likeness (QED) is 0.469. The van der Waals surface area contributed by atoms with Crippen LogP contribution in [-0.2, 0) is 14.3 Å². The van der Waals surface area contributed by atoms with Crippen molar-refractivity contribution in [2.45, 2.75) is 74.7 Å². The summed E-state index contributed by atoms with van der Waals surface area (Å²) in [7, 11) is 1.54. The van der Waals surface area contributed by atoms with Crippen LogP contribution in [-0.4, -0.2) is 80.2 Å². The Morgan fingerprint density at radius 3 is 2.47 bits per heavy atom. The van der Waals surface area contributed by atoms with E-state index in [0.717, 1.165) is 60.9 Å². The van der Waals surface area contributed by atoms with E-state index in [1.165, 1.54) is 17.8 Å². The van der Waals surface area contributed by atoms with Gasteiger partial charge in [-0.1, -0.05) is 11.3 Å². The van der Waals surface area contributed by atoms with E-state index >= 15 is 0 Å². The van der Waals surface area contributed by atoms with Gasteiger partial charge in [-0.05, 0) is 75.3 Å². The van der Waals surface area contributed by atoms with E-state index in [9.17, 15) is 22.8 Å². The minimum atomic E-state index is -4.42. The van der Waals surface area contributed by atoms with Gasteiger partial charge in [0.1, 0.15) is 11.3 Å². The number of methoxy groups -OCH3 is 1. The van der Waals surface area contributed by atoms with E-state index in [1.807, 2.05) is 6.07 Å². The van der Waals surface area contributed by atoms with Crippen molar-refractivity contribution < 1.29 is 37.0 Å². The lowest BCUT2D eigenvalue weighted by Gasteiger charge is -2.53. The van der Waals surface area contributed by atoms with Gasteiger partial charge >= 0.3 is 6.18 Å². The monoisotopic (exact) mass is 648 g/mol. The smallest absolute Gasteiger partial charge is 0.417 e. The number of thiazole rings is 1. The summed E-state index contributed by atoms with van der Waals surface area (Å²) >= 11 is 1.50. The van der Waals surface area contributed by atoms with Gasteiger partial charge < -0.3 is 29.7 Å². The Balaban J connectivity index is 1.02. The summed E-state index contributed by atoms with van der Waals surface area (Å²) in [6.45, 7) is 3.14. The van der Waals surface area contributed by atoms with E-state index in [-0.39, 0.29) is 62.0 Å². The SMILES string of the molecule is COc1ccc2nc(N3CC4COCC(C4)C3)sc2c1C(=O)N[C@@H]1[C@H]2CC[C@H](C2)[C@@H]1C(=O)NC12CCC(C(F)(F)F)(CC1)OC2. The number of amides is 2. The second kappa shape index (κ2) is 10.7. The lowest BCUT2D eigenvalue weighted by molar-refractivity contribution is -0.317. The third kappa shape index (κ3) is 4.90. The molecule has 1 aromatic carbocycles. The molecule has 0 radical (unpaired) electrons. The van der Waals surface area contributed by atoms with Crippen molar-refractivity contribution >= 4 is 38.5 Å². The highest BCUT2D eigenvalue weighted by molar-refractivity contribution is 7.22. The lowest BCUT2D eigenvalue weighted by Crippen LogP contribution is -2.67. The number of benzene rings is 1. The number of hydrogen-bond acceptors (Lipinski definition) is 8. The fourth-order valence-corrected chi connectivity index (χ4v) is 10.4. The second-order valence-corrected chi connectivity index (χ2v) is 15.3. The molecule has 45 heavy (non-hydrogen) atoms. The van der Waals surface area contributed by atoms with Crippen LogP contribution < -0.4 is 20.3 Å². The van der Waals surface area contributed by atoms with Gasteiger partial charge in [0, 0.05) is 31.0 Å². The summed E-state index contributed by atoms with van der Waals surface area (Å²) in [4.78, 5) is 35.3. The molecule has 9 rings (SSSR count). The molecule has 2 amide bonds. The summed E-state index contributed by atoms with van der Waals surface area (Å²) in [5.41, 5.74) is -1.73. The summed E-state index contributed by atoms with van der Waals surface area (Å²) in [6, 6.07) is 3.29. The lowest BCUT2D eigenvalue weighted by atomic mass is 9.70. The van der Waals surface area contributed by atoms with E-state index < -0.39 is 23.2 Å². The Morgan fingerprint density at radius 2 is 1.80 bits per heavy atom. The van der Waals surface area contributed by atoms with Crippen LogP contribution in [0.25, 0.3) is 10.2 Å². The molecule has 6 atom stereocenters. The zero-order chi connectivity index (χ0) is 31.1. The largest absolute Gasteiger partial charge is 0.496 e. The Bertz CT molecular complexity index is 1480. The standard InChI is InChI=1S/C32H39F3N4O5S/c1-42-22-5-4-21-26(45-29(36-21)39-12-17-10-18(13-39)15-43-14-17)24(22)27(40)37-25-20-3-2-19(11-20)23(25)28(41)38-30-6-8-31(9-7-30,44-16-30)32(33,34)35/h4-5,17-20,23,25H,2-3,6-16H2,1H3,(H,37,40)(H,38,41)/t17?,18?,19-,20+,23+,25-,30?,31?/m1/s1. The molecule has 1 aromatic heterocycles. The molecule has 2 N–H and O–H groups in total. The Labute approximate surface area is 263 Å². The number of anilines is 1. The van der Waals surface area contributed by atoms with Crippen LogP contribution in [0.15, 0.2) is 12.1 Å². The maximum absolute atomic E-state index is 14.1. The normalized spacial score (nSPS) is 37.2. The number of carbonyl (C=O) groups is 2. The van der Waals surface area contributed by atoms with Crippen molar-refractivity contribution in [3.63, 3.8) is 0 Å². The van der Waals surface area contributed by atoms with Crippen molar-refractivity contribution in [3.05, 3.63) is 17.7 Å². The zero-order valence-corrected chi connectivity index (χ0v) is 26.1. The molecule has 7 fully saturated rings. The minimum absolute atomic E-state index is 0.120. The van der Waals surface area contributed by atoms with Crippen LogP contribution in [0.2, 0.25) is 0 Å². The summed E-state index contributed by atoms with van der Waals surface area (Å²) in [6.07, 6.45) is -0.427. The number of alkyl halides is 3. The Kier molecular flexibility index (Phi) is 7.07. The Morgan fingerprint density at radius 1 is 1.07 bits per heavy atom. The number of nitrogens with zero attached hydrogens (tertiary/aromatic N) is 2. The molecule has 7 aliphatic rings. The second-order valence-electron chi connectivity index (χ2n) is 14.3. The van der Waals surface area contributed by atoms with Gasteiger partial charge in [0.05, 0.1) is 48.6 Å². The first-order valence-corrected chi connectivity index (χ1v) is 17.0. The van der Waals surface area contributed by atoms with Gasteiger partial charge in [0.25, 0.3) is 5.91 Å². The van der Waals surface area contributed by atoms with Crippen molar-refractivity contribution in [2.24, 2.45) is 29.6 Å². The predicted molar refractivity (Wildman–Crippen MR) is 160 cm³/mol. The Hall–Kier alpha value is -2.64. The molecule has 2 unspecified atom stereocenters. The van der Waals surface area contributed by atoms with Gasteiger partial charge in [0.15, 0.2) is 10.7 Å². The molecular weight excluding hydrogens is 609 g/mol. The molecular formula is C32H39F3N4O5S. The molecule has 4 aliphatic heterocycles. The van der Waals surface area contributed by atoms with Crippen LogP contribution in [0.4, 0.5) is 18.3 Å². The van der Waals surface area contributed by atoms with Gasteiger partial charge in [0.2, 0.25) is 5.91 Å². The third-order valence-electron chi connectivity index (χ3n) is 11.6. The van der Waals surface area contributed by atoms with Crippen LogP contribution >= 0.6 is 11.3 Å². The van der Waals surface area contributed by atoms with Gasteiger partial charge in [-0.2, -0.15) is 13.2 Å². The number of aromatic nitrogens is 1. The zero-order valence-electron chi connectivity index (χ0n) is 25.3. The molecule has 0 spiro atoms. The number of ether oxygens (including phenoxy) is 3. The molecule has 2 aromatic rings. The number of nitrogens with one attached hydrogen (secondary N) is 2. The van der Waals surface area contributed by atoms with Crippen LogP contribution in [0.1, 0.15) is 61.7 Å². The molecule has 5 heterocycles. The summed E-state index contributed by atoms with van der Waals surface area (Å²) in [5, 5.41) is 7.26. The van der Waals surface area contributed by atoms with Crippen molar-refractivity contribution in [1.82, 2.24) is 15.6 Å². The first-order chi connectivity index (χ1) is 21.6. The number of carbonyl (C=O) groups excluding carboxylic acids is 2. The number of hydrogen-bond donors (Lipinski definition) is 2.